The monoisotopic (exact) mass is 155 g/mol. The molecule has 0 heterocycles. The number of nitrogens with two attached hydrogens (primary N) is 1. The average molecular weight is 155 g/mol. The Morgan fingerprint density at radius 1 is 1.64 bits per heavy atom. The minimum absolute atomic E-state index is 0.141. The fourth-order valence-electron chi connectivity index (χ4n) is 0.777. The highest BCUT2D eigenvalue weighted by atomic mass is 16.1. The van der Waals surface area contributed by atoms with Crippen LogP contribution in [0.5, 0.6) is 0 Å². The van der Waals surface area contributed by atoms with Crippen LogP contribution >= 0.6 is 0 Å². The first kappa shape index (κ1) is 10.4. The van der Waals surface area contributed by atoms with Gasteiger partial charge in [0.2, 0.25) is 0 Å². The van der Waals surface area contributed by atoms with Crippen LogP contribution in [0.3, 0.4) is 0 Å². The molecule has 0 aliphatic heterocycles. The number of allylic oxidation sites excluding steroid dienone is 1. The van der Waals surface area contributed by atoms with Gasteiger partial charge in [-0.25, -0.2) is 0 Å². The van der Waals surface area contributed by atoms with Gasteiger partial charge in [0.15, 0.2) is 0 Å². The minimum atomic E-state index is 0.141. The van der Waals surface area contributed by atoms with Gasteiger partial charge in [0.05, 0.1) is 0 Å². The molecule has 0 rings (SSSR count). The van der Waals surface area contributed by atoms with Crippen LogP contribution in [0.4, 0.5) is 0 Å². The zero-order valence-corrected chi connectivity index (χ0v) is 7.18. The van der Waals surface area contributed by atoms with Crippen molar-refractivity contribution in [3.8, 4) is 0 Å². The fourth-order valence-corrected chi connectivity index (χ4v) is 0.777. The maximum atomic E-state index is 11.0. The van der Waals surface area contributed by atoms with Gasteiger partial charge in [-0.2, -0.15) is 0 Å². The first-order valence-corrected chi connectivity index (χ1v) is 4.05. The van der Waals surface area contributed by atoms with E-state index in [0.29, 0.717) is 18.6 Å². The summed E-state index contributed by atoms with van der Waals surface area (Å²) in [4.78, 5) is 11.0. The van der Waals surface area contributed by atoms with Gasteiger partial charge < -0.3 is 5.73 Å². The lowest BCUT2D eigenvalue weighted by Gasteiger charge is -2.02. The van der Waals surface area contributed by atoms with E-state index >= 15 is 0 Å². The van der Waals surface area contributed by atoms with Crippen molar-refractivity contribution >= 4 is 5.78 Å². The fraction of sp³-hybridized carbons (Fsp3) is 0.667. The number of carbonyl (C=O) groups is 1. The summed E-state index contributed by atoms with van der Waals surface area (Å²) in [5, 5.41) is 0. The molecule has 2 heteroatoms. The Morgan fingerprint density at radius 3 is 2.73 bits per heavy atom. The minimum Gasteiger partial charge on any atom is -0.328 e. The van der Waals surface area contributed by atoms with Crippen molar-refractivity contribution in [2.45, 2.75) is 38.6 Å². The molecule has 0 amide bonds. The van der Waals surface area contributed by atoms with Crippen LogP contribution in [0.25, 0.3) is 0 Å². The summed E-state index contributed by atoms with van der Waals surface area (Å²) >= 11 is 0. The molecule has 2 nitrogen and oxygen atoms in total. The standard InChI is InChI=1S/C9H17NO/c1-3-4-5-9(11)7-6-8(2)10/h3,8H,1,4-7,10H2,2H3. The van der Waals surface area contributed by atoms with Crippen LogP contribution < -0.4 is 5.73 Å². The third-order valence-electron chi connectivity index (χ3n) is 1.51. The molecule has 0 aromatic heterocycles. The molecule has 0 radical (unpaired) electrons. The van der Waals surface area contributed by atoms with E-state index < -0.39 is 0 Å². The summed E-state index contributed by atoms with van der Waals surface area (Å²) in [5.41, 5.74) is 5.50. The second-order valence-electron chi connectivity index (χ2n) is 2.88. The van der Waals surface area contributed by atoms with Crippen molar-refractivity contribution in [3.05, 3.63) is 12.7 Å². The van der Waals surface area contributed by atoms with Gasteiger partial charge in [0, 0.05) is 18.9 Å². The van der Waals surface area contributed by atoms with E-state index in [1.165, 1.54) is 0 Å². The lowest BCUT2D eigenvalue weighted by Crippen LogP contribution is -2.16. The van der Waals surface area contributed by atoms with E-state index in [1.54, 1.807) is 6.08 Å². The quantitative estimate of drug-likeness (QED) is 0.593. The van der Waals surface area contributed by atoms with Crippen molar-refractivity contribution < 1.29 is 4.79 Å². The summed E-state index contributed by atoms with van der Waals surface area (Å²) in [6.07, 6.45) is 4.60. The van der Waals surface area contributed by atoms with E-state index in [9.17, 15) is 4.79 Å². The highest BCUT2D eigenvalue weighted by Gasteiger charge is 2.01. The average Bonchev–Trinajstić information content (AvgIpc) is 1.97. The first-order chi connectivity index (χ1) is 5.16. The number of hydrogen-bond donors (Lipinski definition) is 1. The maximum absolute atomic E-state index is 11.0. The molecule has 0 aromatic rings. The molecule has 11 heavy (non-hydrogen) atoms. The predicted octanol–water partition coefficient (Wildman–Crippen LogP) is 1.65. The van der Waals surface area contributed by atoms with E-state index in [-0.39, 0.29) is 6.04 Å². The topological polar surface area (TPSA) is 43.1 Å². The number of Topliss-reactive ketones (excluding diaryl/α,β-unsaturated/α-hetero) is 1. The number of hydrogen-bond acceptors (Lipinski definition) is 2. The van der Waals surface area contributed by atoms with Crippen molar-refractivity contribution in [2.75, 3.05) is 0 Å². The molecule has 0 saturated carbocycles. The van der Waals surface area contributed by atoms with Gasteiger partial charge in [-0.05, 0) is 19.8 Å². The molecule has 0 spiro atoms. The third kappa shape index (κ3) is 7.26. The molecule has 0 fully saturated rings. The van der Waals surface area contributed by atoms with Crippen LogP contribution in [0.2, 0.25) is 0 Å². The van der Waals surface area contributed by atoms with Crippen molar-refractivity contribution in [1.82, 2.24) is 0 Å². The molecular weight excluding hydrogens is 138 g/mol. The summed E-state index contributed by atoms with van der Waals surface area (Å²) < 4.78 is 0. The molecule has 0 aromatic carbocycles. The van der Waals surface area contributed by atoms with Gasteiger partial charge >= 0.3 is 0 Å². The summed E-state index contributed by atoms with van der Waals surface area (Å²) in [6, 6.07) is 0.141. The smallest absolute Gasteiger partial charge is 0.133 e. The Labute approximate surface area is 68.5 Å². The van der Waals surface area contributed by atoms with Crippen LogP contribution in [0.1, 0.15) is 32.6 Å². The van der Waals surface area contributed by atoms with Crippen LogP contribution in [-0.2, 0) is 4.79 Å². The first-order valence-electron chi connectivity index (χ1n) is 4.05. The Morgan fingerprint density at radius 2 is 2.27 bits per heavy atom. The summed E-state index contributed by atoms with van der Waals surface area (Å²) in [6.45, 7) is 5.47. The molecule has 0 aliphatic rings. The molecule has 0 bridgehead atoms. The highest BCUT2D eigenvalue weighted by molar-refractivity contribution is 5.78. The van der Waals surface area contributed by atoms with Crippen LogP contribution in [0, 0.1) is 0 Å². The number of carbonyl (C=O) groups excluding carboxylic acids is 1. The lowest BCUT2D eigenvalue weighted by molar-refractivity contribution is -0.119. The van der Waals surface area contributed by atoms with E-state index in [0.717, 1.165) is 12.8 Å². The van der Waals surface area contributed by atoms with Crippen LogP contribution in [-0.4, -0.2) is 11.8 Å². The van der Waals surface area contributed by atoms with Gasteiger partial charge in [-0.15, -0.1) is 6.58 Å². The normalized spacial score (nSPS) is 12.5. The van der Waals surface area contributed by atoms with Crippen molar-refractivity contribution in [1.29, 1.82) is 0 Å². The second kappa shape index (κ2) is 6.10. The summed E-state index contributed by atoms with van der Waals surface area (Å²) in [7, 11) is 0. The molecular formula is C9H17NO. The third-order valence-corrected chi connectivity index (χ3v) is 1.51. The molecule has 0 saturated heterocycles. The zero-order chi connectivity index (χ0) is 8.69. The van der Waals surface area contributed by atoms with Gasteiger partial charge in [-0.1, -0.05) is 6.08 Å². The van der Waals surface area contributed by atoms with Crippen molar-refractivity contribution in [3.63, 3.8) is 0 Å². The SMILES string of the molecule is C=CCCC(=O)CCC(C)N. The van der Waals surface area contributed by atoms with Crippen molar-refractivity contribution in [2.24, 2.45) is 5.73 Å². The highest BCUT2D eigenvalue weighted by Crippen LogP contribution is 2.00. The molecule has 1 unspecified atom stereocenters. The molecule has 0 aliphatic carbocycles. The van der Waals surface area contributed by atoms with E-state index in [4.69, 9.17) is 5.73 Å². The second-order valence-corrected chi connectivity index (χ2v) is 2.88. The van der Waals surface area contributed by atoms with Gasteiger partial charge in [0.25, 0.3) is 0 Å². The van der Waals surface area contributed by atoms with Gasteiger partial charge in [0.1, 0.15) is 5.78 Å². The van der Waals surface area contributed by atoms with E-state index in [2.05, 4.69) is 6.58 Å². The van der Waals surface area contributed by atoms with E-state index in [1.807, 2.05) is 6.92 Å². The maximum Gasteiger partial charge on any atom is 0.133 e. The number of rotatable bonds is 6. The lowest BCUT2D eigenvalue weighted by atomic mass is 10.1. The molecule has 2 N–H and O–H groups in total. The molecule has 1 atom stereocenters. The summed E-state index contributed by atoms with van der Waals surface area (Å²) in [5.74, 6) is 0.294. The Balaban J connectivity index is 3.29. The predicted molar refractivity (Wildman–Crippen MR) is 47.3 cm³/mol. The Hall–Kier alpha value is -0.630. The largest absolute Gasteiger partial charge is 0.328 e. The van der Waals surface area contributed by atoms with Gasteiger partial charge in [-0.3, -0.25) is 4.79 Å². The van der Waals surface area contributed by atoms with Crippen LogP contribution in [0.15, 0.2) is 12.7 Å². The Bertz CT molecular complexity index is 130. The Kier molecular flexibility index (Phi) is 5.75. The molecule has 64 valence electrons. The zero-order valence-electron chi connectivity index (χ0n) is 7.18. The number of ketones is 1.